The van der Waals surface area contributed by atoms with Crippen LogP contribution in [0.25, 0.3) is 23.0 Å². The molecule has 8 nitrogen and oxygen atoms in total. The summed E-state index contributed by atoms with van der Waals surface area (Å²) in [5, 5.41) is 16.3. The van der Waals surface area contributed by atoms with Crippen LogP contribution in [-0.4, -0.2) is 43.5 Å². The van der Waals surface area contributed by atoms with Crippen LogP contribution in [0.1, 0.15) is 31.7 Å². The van der Waals surface area contributed by atoms with Gasteiger partial charge >= 0.3 is 5.69 Å². The summed E-state index contributed by atoms with van der Waals surface area (Å²) < 4.78 is 7.37. The summed E-state index contributed by atoms with van der Waals surface area (Å²) in [6.07, 6.45) is 6.55. The number of thiocarbonyl (C=S) groups is 1. The van der Waals surface area contributed by atoms with Gasteiger partial charge < -0.3 is 4.74 Å². The number of hydrogen-bond donors (Lipinski definition) is 0. The summed E-state index contributed by atoms with van der Waals surface area (Å²) in [5.41, 5.74) is 2.37. The second-order valence-electron chi connectivity index (χ2n) is 7.90. The van der Waals surface area contributed by atoms with Crippen molar-refractivity contribution in [1.82, 2.24) is 14.7 Å². The number of aromatic nitrogens is 2. The summed E-state index contributed by atoms with van der Waals surface area (Å²) in [4.78, 5) is 26.3. The average molecular weight is 509 g/mol. The lowest BCUT2D eigenvalue weighted by molar-refractivity contribution is -0.385. The molecule has 180 valence electrons. The molecule has 1 aliphatic rings. The number of methoxy groups -OCH3 is 1. The molecule has 1 aromatic heterocycles. The van der Waals surface area contributed by atoms with Gasteiger partial charge in [0.15, 0.2) is 5.75 Å². The number of nitrogens with zero attached hydrogens (tertiary/aromatic N) is 4. The number of carbonyl (C=O) groups is 1. The Balaban J connectivity index is 1.78. The van der Waals surface area contributed by atoms with Gasteiger partial charge in [0, 0.05) is 29.9 Å². The fourth-order valence-corrected chi connectivity index (χ4v) is 5.06. The number of thioether (sulfide) groups is 1. The van der Waals surface area contributed by atoms with E-state index in [-0.39, 0.29) is 17.3 Å². The first-order chi connectivity index (χ1) is 16.9. The molecule has 4 rings (SSSR count). The zero-order valence-electron chi connectivity index (χ0n) is 19.3. The summed E-state index contributed by atoms with van der Waals surface area (Å²) in [6, 6.07) is 14.2. The molecule has 10 heteroatoms. The van der Waals surface area contributed by atoms with Gasteiger partial charge in [-0.05, 0) is 36.8 Å². The molecule has 0 radical (unpaired) electrons. The number of nitro groups is 1. The van der Waals surface area contributed by atoms with E-state index in [1.165, 1.54) is 24.9 Å². The third-order valence-electron chi connectivity index (χ3n) is 5.56. The monoisotopic (exact) mass is 508 g/mol. The molecule has 2 aromatic carbocycles. The minimum Gasteiger partial charge on any atom is -0.490 e. The standard InChI is InChI=1S/C25H24N4O4S2/c1-3-4-8-13-27-24(30)22(35-25(27)34)15-18-16-28(19-9-6-5-7-10-19)26-23(18)17-11-12-21(33-2)20(14-17)29(31)32/h5-7,9-12,14-16H,3-4,8,13H2,1-2H3/b22-15-. The number of hydrogen-bond acceptors (Lipinski definition) is 7. The first-order valence-electron chi connectivity index (χ1n) is 11.2. The molecule has 0 atom stereocenters. The van der Waals surface area contributed by atoms with Gasteiger partial charge in [-0.3, -0.25) is 19.8 Å². The molecular weight excluding hydrogens is 484 g/mol. The Morgan fingerprint density at radius 3 is 2.66 bits per heavy atom. The normalized spacial score (nSPS) is 14.7. The first-order valence-corrected chi connectivity index (χ1v) is 12.4. The number of rotatable bonds is 9. The van der Waals surface area contributed by atoms with E-state index in [1.807, 2.05) is 36.5 Å². The smallest absolute Gasteiger partial charge is 0.311 e. The molecule has 2 heterocycles. The third kappa shape index (κ3) is 5.28. The van der Waals surface area contributed by atoms with Crippen molar-refractivity contribution in [2.45, 2.75) is 26.2 Å². The van der Waals surface area contributed by atoms with Crippen LogP contribution >= 0.6 is 24.0 Å². The van der Waals surface area contributed by atoms with E-state index < -0.39 is 4.92 Å². The molecule has 0 spiro atoms. The van der Waals surface area contributed by atoms with Crippen molar-refractivity contribution in [2.24, 2.45) is 0 Å². The summed E-state index contributed by atoms with van der Waals surface area (Å²) in [7, 11) is 1.39. The van der Waals surface area contributed by atoms with E-state index in [1.54, 1.807) is 27.8 Å². The predicted octanol–water partition coefficient (Wildman–Crippen LogP) is 5.85. The maximum Gasteiger partial charge on any atom is 0.311 e. The lowest BCUT2D eigenvalue weighted by atomic mass is 10.1. The lowest BCUT2D eigenvalue weighted by Gasteiger charge is -2.13. The summed E-state index contributed by atoms with van der Waals surface area (Å²) in [6.45, 7) is 2.70. The summed E-state index contributed by atoms with van der Waals surface area (Å²) in [5.74, 6) is 0.0333. The number of unbranched alkanes of at least 4 members (excludes halogenated alkanes) is 2. The Kier molecular flexibility index (Phi) is 7.62. The number of nitro benzene ring substituents is 1. The molecule has 1 amide bonds. The molecule has 0 N–H and O–H groups in total. The minimum absolute atomic E-state index is 0.129. The molecule has 1 saturated heterocycles. The Hall–Kier alpha value is -3.50. The van der Waals surface area contributed by atoms with Crippen molar-refractivity contribution in [3.05, 3.63) is 75.3 Å². The highest BCUT2D eigenvalue weighted by Gasteiger charge is 2.32. The lowest BCUT2D eigenvalue weighted by Crippen LogP contribution is -2.28. The van der Waals surface area contributed by atoms with Crippen molar-refractivity contribution in [3.8, 4) is 22.7 Å². The molecule has 1 fully saturated rings. The van der Waals surface area contributed by atoms with Crippen LogP contribution in [-0.2, 0) is 4.79 Å². The van der Waals surface area contributed by atoms with Crippen molar-refractivity contribution in [3.63, 3.8) is 0 Å². The minimum atomic E-state index is -0.488. The van der Waals surface area contributed by atoms with Gasteiger partial charge in [0.1, 0.15) is 10.0 Å². The van der Waals surface area contributed by atoms with Crippen LogP contribution in [0.2, 0.25) is 0 Å². The van der Waals surface area contributed by atoms with Gasteiger partial charge in [0.2, 0.25) is 0 Å². The number of benzene rings is 2. The van der Waals surface area contributed by atoms with E-state index in [4.69, 9.17) is 22.1 Å². The molecular formula is C25H24N4O4S2. The molecule has 0 unspecified atom stereocenters. The molecule has 35 heavy (non-hydrogen) atoms. The van der Waals surface area contributed by atoms with Gasteiger partial charge in [-0.15, -0.1) is 0 Å². The van der Waals surface area contributed by atoms with Crippen LogP contribution in [0.4, 0.5) is 5.69 Å². The van der Waals surface area contributed by atoms with Gasteiger partial charge in [0.05, 0.1) is 22.6 Å². The van der Waals surface area contributed by atoms with Crippen molar-refractivity contribution < 1.29 is 14.5 Å². The SMILES string of the molecule is CCCCCN1C(=O)/C(=C/c2cn(-c3ccccc3)nc2-c2ccc(OC)c([N+](=O)[O-])c2)SC1=S. The second-order valence-corrected chi connectivity index (χ2v) is 9.57. The van der Waals surface area contributed by atoms with Gasteiger partial charge in [0.25, 0.3) is 5.91 Å². The molecule has 0 bridgehead atoms. The Morgan fingerprint density at radius 2 is 1.97 bits per heavy atom. The van der Waals surface area contributed by atoms with Crippen LogP contribution < -0.4 is 4.74 Å². The van der Waals surface area contributed by atoms with Gasteiger partial charge in [-0.1, -0.05) is 61.9 Å². The van der Waals surface area contributed by atoms with E-state index in [2.05, 4.69) is 6.92 Å². The zero-order valence-corrected chi connectivity index (χ0v) is 21.0. The topological polar surface area (TPSA) is 90.5 Å². The van der Waals surface area contributed by atoms with Crippen molar-refractivity contribution in [1.29, 1.82) is 0 Å². The van der Waals surface area contributed by atoms with Gasteiger partial charge in [-0.2, -0.15) is 5.10 Å². The average Bonchev–Trinajstić information content (AvgIpc) is 3.40. The van der Waals surface area contributed by atoms with Crippen LogP contribution in [0.3, 0.4) is 0 Å². The number of ether oxygens (including phenoxy) is 1. The second kappa shape index (κ2) is 10.8. The molecule has 1 aliphatic heterocycles. The fourth-order valence-electron chi connectivity index (χ4n) is 3.76. The Labute approximate surface area is 212 Å². The molecule has 3 aromatic rings. The molecule has 0 saturated carbocycles. The van der Waals surface area contributed by atoms with Crippen molar-refractivity contribution in [2.75, 3.05) is 13.7 Å². The van der Waals surface area contributed by atoms with E-state index in [0.29, 0.717) is 32.6 Å². The third-order valence-corrected chi connectivity index (χ3v) is 6.94. The first kappa shape index (κ1) is 24.6. The van der Waals surface area contributed by atoms with Crippen LogP contribution in [0.5, 0.6) is 5.75 Å². The maximum atomic E-state index is 13.1. The number of amides is 1. The van der Waals surface area contributed by atoms with E-state index in [9.17, 15) is 14.9 Å². The number of carbonyl (C=O) groups excluding carboxylic acids is 1. The Bertz CT molecular complexity index is 1300. The highest BCUT2D eigenvalue weighted by atomic mass is 32.2. The fraction of sp³-hybridized carbons (Fsp3) is 0.240. The van der Waals surface area contributed by atoms with Crippen molar-refractivity contribution >= 4 is 46.0 Å². The highest BCUT2D eigenvalue weighted by Crippen LogP contribution is 2.37. The van der Waals surface area contributed by atoms with Crippen LogP contribution in [0.15, 0.2) is 59.6 Å². The quantitative estimate of drug-likeness (QED) is 0.118. The largest absolute Gasteiger partial charge is 0.490 e. The zero-order chi connectivity index (χ0) is 24.9. The molecule has 0 aliphatic carbocycles. The predicted molar refractivity (Wildman–Crippen MR) is 142 cm³/mol. The Morgan fingerprint density at radius 1 is 1.20 bits per heavy atom. The van der Waals surface area contributed by atoms with Gasteiger partial charge in [-0.25, -0.2) is 4.68 Å². The summed E-state index contributed by atoms with van der Waals surface area (Å²) >= 11 is 6.72. The highest BCUT2D eigenvalue weighted by molar-refractivity contribution is 8.26. The van der Waals surface area contributed by atoms with E-state index in [0.717, 1.165) is 24.9 Å². The van der Waals surface area contributed by atoms with Crippen LogP contribution in [0, 0.1) is 10.1 Å². The van der Waals surface area contributed by atoms with E-state index >= 15 is 0 Å². The number of para-hydroxylation sites is 1. The maximum absolute atomic E-state index is 13.1.